The van der Waals surface area contributed by atoms with Crippen LogP contribution < -0.4 is 0 Å². The predicted molar refractivity (Wildman–Crippen MR) is 68.2 cm³/mol. The molecule has 94 valence electrons. The van der Waals surface area contributed by atoms with Crippen molar-refractivity contribution in [1.82, 2.24) is 19.9 Å². The molecule has 0 atom stereocenters. The predicted octanol–water partition coefficient (Wildman–Crippen LogP) is 1.68. The minimum absolute atomic E-state index is 0.0169. The van der Waals surface area contributed by atoms with Gasteiger partial charge in [-0.2, -0.15) is 11.3 Å². The third-order valence-electron chi connectivity index (χ3n) is 3.00. The van der Waals surface area contributed by atoms with E-state index in [9.17, 15) is 4.79 Å². The maximum absolute atomic E-state index is 12.4. The van der Waals surface area contributed by atoms with E-state index in [1.54, 1.807) is 29.3 Å². The Morgan fingerprint density at radius 2 is 2.44 bits per heavy atom. The molecule has 2 aromatic rings. The highest BCUT2D eigenvalue weighted by atomic mass is 32.1. The van der Waals surface area contributed by atoms with Gasteiger partial charge in [-0.25, -0.2) is 0 Å². The second-order valence-electron chi connectivity index (χ2n) is 4.57. The summed E-state index contributed by atoms with van der Waals surface area (Å²) in [7, 11) is 1.77. The molecule has 5 nitrogen and oxygen atoms in total. The van der Waals surface area contributed by atoms with E-state index in [0.29, 0.717) is 18.3 Å². The van der Waals surface area contributed by atoms with Gasteiger partial charge in [-0.3, -0.25) is 9.48 Å². The Morgan fingerprint density at radius 1 is 1.61 bits per heavy atom. The van der Waals surface area contributed by atoms with Gasteiger partial charge in [-0.05, 0) is 35.2 Å². The fourth-order valence-electron chi connectivity index (χ4n) is 1.92. The highest BCUT2D eigenvalue weighted by Gasteiger charge is 2.34. The number of hydrogen-bond donors (Lipinski definition) is 0. The highest BCUT2D eigenvalue weighted by Crippen LogP contribution is 2.29. The summed E-state index contributed by atoms with van der Waals surface area (Å²) in [5, 5.41) is 11.8. The molecule has 0 aliphatic heterocycles. The summed E-state index contributed by atoms with van der Waals surface area (Å²) in [4.78, 5) is 14.3. The molecule has 1 aliphatic rings. The molecule has 1 saturated carbocycles. The van der Waals surface area contributed by atoms with Crippen LogP contribution in [0.4, 0.5) is 0 Å². The number of amides is 1. The Balaban J connectivity index is 1.79. The minimum atomic E-state index is -0.0169. The van der Waals surface area contributed by atoms with E-state index in [2.05, 4.69) is 21.8 Å². The maximum Gasteiger partial charge on any atom is 0.276 e. The Bertz CT molecular complexity index is 544. The first-order chi connectivity index (χ1) is 8.74. The Labute approximate surface area is 109 Å². The molecule has 0 radical (unpaired) electrons. The standard InChI is InChI=1S/C12H14N4OS/c1-15-7-11(13-14-15)12(17)16(10-2-3-10)6-9-4-5-18-8-9/h4-5,7-8,10H,2-3,6H2,1H3. The second kappa shape index (κ2) is 4.53. The summed E-state index contributed by atoms with van der Waals surface area (Å²) in [6.45, 7) is 0.670. The van der Waals surface area contributed by atoms with E-state index in [0.717, 1.165) is 12.8 Å². The quantitative estimate of drug-likeness (QED) is 0.842. The molecule has 2 aromatic heterocycles. The van der Waals surface area contributed by atoms with Crippen molar-refractivity contribution >= 4 is 17.2 Å². The van der Waals surface area contributed by atoms with Crippen LogP contribution in [0.3, 0.4) is 0 Å². The molecule has 1 aliphatic carbocycles. The van der Waals surface area contributed by atoms with Gasteiger partial charge in [0.05, 0.1) is 6.20 Å². The Morgan fingerprint density at radius 3 is 3.00 bits per heavy atom. The van der Waals surface area contributed by atoms with Gasteiger partial charge < -0.3 is 4.90 Å². The smallest absolute Gasteiger partial charge is 0.276 e. The Hall–Kier alpha value is -1.69. The van der Waals surface area contributed by atoms with Crippen LogP contribution in [0.25, 0.3) is 0 Å². The lowest BCUT2D eigenvalue weighted by Gasteiger charge is -2.20. The van der Waals surface area contributed by atoms with Gasteiger partial charge in [-0.1, -0.05) is 5.21 Å². The lowest BCUT2D eigenvalue weighted by Crippen LogP contribution is -2.32. The number of carbonyl (C=O) groups excluding carboxylic acids is 1. The van der Waals surface area contributed by atoms with Crippen LogP contribution in [0.5, 0.6) is 0 Å². The summed E-state index contributed by atoms with van der Waals surface area (Å²) in [6.07, 6.45) is 3.86. The highest BCUT2D eigenvalue weighted by molar-refractivity contribution is 7.07. The largest absolute Gasteiger partial charge is 0.330 e. The zero-order chi connectivity index (χ0) is 12.5. The number of aromatic nitrogens is 3. The van der Waals surface area contributed by atoms with Crippen LogP contribution in [-0.2, 0) is 13.6 Å². The molecule has 1 fully saturated rings. The van der Waals surface area contributed by atoms with Gasteiger partial charge in [0.15, 0.2) is 5.69 Å². The monoisotopic (exact) mass is 262 g/mol. The van der Waals surface area contributed by atoms with Crippen molar-refractivity contribution in [3.05, 3.63) is 34.3 Å². The van der Waals surface area contributed by atoms with Gasteiger partial charge in [0.25, 0.3) is 5.91 Å². The lowest BCUT2D eigenvalue weighted by molar-refractivity contribution is 0.0724. The van der Waals surface area contributed by atoms with Crippen molar-refractivity contribution in [3.8, 4) is 0 Å². The fraction of sp³-hybridized carbons (Fsp3) is 0.417. The molecular weight excluding hydrogens is 248 g/mol. The zero-order valence-electron chi connectivity index (χ0n) is 10.1. The zero-order valence-corrected chi connectivity index (χ0v) is 10.9. The fourth-order valence-corrected chi connectivity index (χ4v) is 2.58. The molecule has 1 amide bonds. The summed E-state index contributed by atoms with van der Waals surface area (Å²) < 4.78 is 1.56. The first-order valence-corrected chi connectivity index (χ1v) is 6.86. The third-order valence-corrected chi connectivity index (χ3v) is 3.74. The molecule has 18 heavy (non-hydrogen) atoms. The molecule has 3 rings (SSSR count). The average Bonchev–Trinajstić information content (AvgIpc) is 2.88. The van der Waals surface area contributed by atoms with Crippen molar-refractivity contribution in [2.24, 2.45) is 7.05 Å². The van der Waals surface area contributed by atoms with Crippen molar-refractivity contribution < 1.29 is 4.79 Å². The van der Waals surface area contributed by atoms with Crippen molar-refractivity contribution in [3.63, 3.8) is 0 Å². The average molecular weight is 262 g/mol. The maximum atomic E-state index is 12.4. The minimum Gasteiger partial charge on any atom is -0.330 e. The molecular formula is C12H14N4OS. The van der Waals surface area contributed by atoms with Crippen LogP contribution >= 0.6 is 11.3 Å². The summed E-state index contributed by atoms with van der Waals surface area (Å²) in [5.74, 6) is -0.0169. The van der Waals surface area contributed by atoms with Crippen molar-refractivity contribution in [2.45, 2.75) is 25.4 Å². The molecule has 0 N–H and O–H groups in total. The van der Waals surface area contributed by atoms with Crippen molar-refractivity contribution in [2.75, 3.05) is 0 Å². The van der Waals surface area contributed by atoms with Crippen LogP contribution in [-0.4, -0.2) is 31.8 Å². The van der Waals surface area contributed by atoms with Crippen molar-refractivity contribution in [1.29, 1.82) is 0 Å². The topological polar surface area (TPSA) is 51.0 Å². The van der Waals surface area contributed by atoms with E-state index in [1.165, 1.54) is 5.56 Å². The van der Waals surface area contributed by atoms with Gasteiger partial charge in [-0.15, -0.1) is 5.10 Å². The third kappa shape index (κ3) is 2.28. The molecule has 2 heterocycles. The van der Waals surface area contributed by atoms with E-state index >= 15 is 0 Å². The second-order valence-corrected chi connectivity index (χ2v) is 5.35. The van der Waals surface area contributed by atoms with E-state index < -0.39 is 0 Å². The van der Waals surface area contributed by atoms with Gasteiger partial charge >= 0.3 is 0 Å². The van der Waals surface area contributed by atoms with E-state index in [4.69, 9.17) is 0 Å². The van der Waals surface area contributed by atoms with Crippen LogP contribution in [0.1, 0.15) is 28.9 Å². The van der Waals surface area contributed by atoms with E-state index in [-0.39, 0.29) is 5.91 Å². The summed E-state index contributed by atoms with van der Waals surface area (Å²) in [5.41, 5.74) is 1.61. The molecule has 0 bridgehead atoms. The normalized spacial score (nSPS) is 14.7. The number of aryl methyl sites for hydroxylation is 1. The number of rotatable bonds is 4. The molecule has 6 heteroatoms. The number of carbonyl (C=O) groups is 1. The van der Waals surface area contributed by atoms with Crippen LogP contribution in [0.15, 0.2) is 23.0 Å². The summed E-state index contributed by atoms with van der Waals surface area (Å²) >= 11 is 1.66. The van der Waals surface area contributed by atoms with Crippen LogP contribution in [0.2, 0.25) is 0 Å². The van der Waals surface area contributed by atoms with Gasteiger partial charge in [0.2, 0.25) is 0 Å². The first-order valence-electron chi connectivity index (χ1n) is 5.92. The Kier molecular flexibility index (Phi) is 2.87. The lowest BCUT2D eigenvalue weighted by atomic mass is 10.3. The SMILES string of the molecule is Cn1cc(C(=O)N(Cc2ccsc2)C2CC2)nn1. The first kappa shape index (κ1) is 11.4. The number of thiophene rings is 1. The number of hydrogen-bond acceptors (Lipinski definition) is 4. The van der Waals surface area contributed by atoms with E-state index in [1.807, 2.05) is 10.3 Å². The van der Waals surface area contributed by atoms with Gasteiger partial charge in [0.1, 0.15) is 0 Å². The molecule has 0 aromatic carbocycles. The molecule has 0 saturated heterocycles. The number of nitrogens with zero attached hydrogens (tertiary/aromatic N) is 4. The van der Waals surface area contributed by atoms with Gasteiger partial charge in [0, 0.05) is 19.6 Å². The van der Waals surface area contributed by atoms with Crippen LogP contribution in [0, 0.1) is 0 Å². The molecule has 0 spiro atoms. The molecule has 0 unspecified atom stereocenters. The summed E-state index contributed by atoms with van der Waals surface area (Å²) in [6, 6.07) is 2.43.